The van der Waals surface area contributed by atoms with Gasteiger partial charge in [-0.25, -0.2) is 18.6 Å². The minimum Gasteiger partial charge on any atom is -0.493 e. The predicted molar refractivity (Wildman–Crippen MR) is 142 cm³/mol. The van der Waals surface area contributed by atoms with E-state index in [1.54, 1.807) is 36.4 Å². The minimum absolute atomic E-state index is 0.0957. The maximum absolute atomic E-state index is 13.6. The number of hydrazone groups is 1. The Balaban J connectivity index is 1.81. The van der Waals surface area contributed by atoms with E-state index in [-0.39, 0.29) is 27.8 Å². The molecule has 206 valence electrons. The number of ether oxygens (including phenoxy) is 5. The van der Waals surface area contributed by atoms with Crippen LogP contribution in [0.1, 0.15) is 5.56 Å². The van der Waals surface area contributed by atoms with Gasteiger partial charge in [-0.15, -0.1) is 0 Å². The van der Waals surface area contributed by atoms with E-state index in [9.17, 15) is 18.0 Å². The topological polar surface area (TPSA) is 142 Å². The van der Waals surface area contributed by atoms with Gasteiger partial charge in [-0.1, -0.05) is 18.2 Å². The maximum atomic E-state index is 13.6. The molecule has 0 unspecified atom stereocenters. The number of nitrogens with one attached hydrogen (secondary N) is 1. The van der Waals surface area contributed by atoms with Gasteiger partial charge in [-0.3, -0.25) is 9.10 Å². The van der Waals surface area contributed by atoms with Crippen molar-refractivity contribution in [2.24, 2.45) is 5.10 Å². The van der Waals surface area contributed by atoms with Crippen LogP contribution in [0.25, 0.3) is 0 Å². The molecule has 0 heterocycles. The highest BCUT2D eigenvalue weighted by molar-refractivity contribution is 7.92. The summed E-state index contributed by atoms with van der Waals surface area (Å²) >= 11 is 0. The van der Waals surface area contributed by atoms with Gasteiger partial charge >= 0.3 is 6.16 Å². The molecule has 12 nitrogen and oxygen atoms in total. The number of sulfonamides is 1. The Morgan fingerprint density at radius 1 is 0.846 bits per heavy atom. The van der Waals surface area contributed by atoms with Crippen LogP contribution in [0.5, 0.6) is 23.0 Å². The molecule has 0 spiro atoms. The smallest absolute Gasteiger partial charge is 0.493 e. The van der Waals surface area contributed by atoms with Crippen molar-refractivity contribution in [3.63, 3.8) is 0 Å². The monoisotopic (exact) mass is 557 g/mol. The van der Waals surface area contributed by atoms with Crippen LogP contribution >= 0.6 is 0 Å². The molecular weight excluding hydrogens is 530 g/mol. The van der Waals surface area contributed by atoms with Gasteiger partial charge in [0.25, 0.3) is 15.9 Å². The Kier molecular flexibility index (Phi) is 9.70. The average Bonchev–Trinajstić information content (AvgIpc) is 2.96. The number of hydrogen-bond acceptors (Lipinski definition) is 10. The molecule has 3 aromatic rings. The number of nitrogens with zero attached hydrogens (tertiary/aromatic N) is 2. The van der Waals surface area contributed by atoms with E-state index in [2.05, 4.69) is 15.3 Å². The molecule has 0 aliphatic carbocycles. The lowest BCUT2D eigenvalue weighted by Gasteiger charge is -2.24. The highest BCUT2D eigenvalue weighted by Gasteiger charge is 2.28. The van der Waals surface area contributed by atoms with Crippen LogP contribution < -0.4 is 28.7 Å². The summed E-state index contributed by atoms with van der Waals surface area (Å²) in [5, 5.41) is 3.90. The summed E-state index contributed by atoms with van der Waals surface area (Å²) in [7, 11) is 1.20. The van der Waals surface area contributed by atoms with Crippen molar-refractivity contribution < 1.29 is 41.7 Å². The zero-order chi connectivity index (χ0) is 28.4. The summed E-state index contributed by atoms with van der Waals surface area (Å²) in [6, 6.07) is 16.9. The van der Waals surface area contributed by atoms with Crippen molar-refractivity contribution in [2.45, 2.75) is 4.90 Å². The third-order valence-corrected chi connectivity index (χ3v) is 6.99. The second kappa shape index (κ2) is 13.1. The minimum atomic E-state index is -4.19. The Morgan fingerprint density at radius 3 is 2.13 bits per heavy atom. The average molecular weight is 558 g/mol. The van der Waals surface area contributed by atoms with Crippen LogP contribution in [0, 0.1) is 0 Å². The van der Waals surface area contributed by atoms with Crippen LogP contribution in [-0.2, 0) is 19.6 Å². The molecule has 0 saturated carbocycles. The number of carbonyl (C=O) groups excluding carboxylic acids is 2. The van der Waals surface area contributed by atoms with Crippen molar-refractivity contribution in [1.82, 2.24) is 5.43 Å². The molecular formula is C26H27N3O9S. The van der Waals surface area contributed by atoms with Crippen LogP contribution in [0.3, 0.4) is 0 Å². The molecule has 0 bridgehead atoms. The van der Waals surface area contributed by atoms with Crippen LogP contribution in [-0.4, -0.2) is 61.7 Å². The number of rotatable bonds is 11. The van der Waals surface area contributed by atoms with E-state index in [4.69, 9.17) is 18.9 Å². The van der Waals surface area contributed by atoms with Gasteiger partial charge < -0.3 is 23.7 Å². The standard InChI is InChI=1S/C26H27N3O9S/c1-34-21-13-11-20(15-24(21)36-3)39(32,33)29(19-8-6-5-7-9-19)17-25(30)28-27-16-18-10-12-22(23(14-18)35-2)38-26(31)37-4/h5-16H,17H2,1-4H3,(H,28,30)/b27-16-. The quantitative estimate of drug-likeness (QED) is 0.163. The lowest BCUT2D eigenvalue weighted by molar-refractivity contribution is -0.119. The summed E-state index contributed by atoms with van der Waals surface area (Å²) in [6.07, 6.45) is 0.408. The molecule has 0 aromatic heterocycles. The number of methoxy groups -OCH3 is 4. The Hall–Kier alpha value is -4.78. The van der Waals surface area contributed by atoms with E-state index in [0.717, 1.165) is 4.31 Å². The molecule has 13 heteroatoms. The summed E-state index contributed by atoms with van der Waals surface area (Å²) in [6.45, 7) is -0.562. The fourth-order valence-electron chi connectivity index (χ4n) is 3.34. The number of carbonyl (C=O) groups is 2. The van der Waals surface area contributed by atoms with Gasteiger partial charge in [0, 0.05) is 6.07 Å². The van der Waals surface area contributed by atoms with Gasteiger partial charge in [-0.05, 0) is 48.0 Å². The normalized spacial score (nSPS) is 11.0. The van der Waals surface area contributed by atoms with Gasteiger partial charge in [-0.2, -0.15) is 5.10 Å². The first-order valence-corrected chi connectivity index (χ1v) is 12.7. The molecule has 0 radical (unpaired) electrons. The Morgan fingerprint density at radius 2 is 1.49 bits per heavy atom. The Bertz CT molecular complexity index is 1440. The number of anilines is 1. The number of amides is 1. The fraction of sp³-hybridized carbons (Fsp3) is 0.192. The zero-order valence-electron chi connectivity index (χ0n) is 21.6. The third kappa shape index (κ3) is 7.17. The van der Waals surface area contributed by atoms with Crippen molar-refractivity contribution in [2.75, 3.05) is 39.3 Å². The lowest BCUT2D eigenvalue weighted by Crippen LogP contribution is -2.39. The van der Waals surface area contributed by atoms with E-state index < -0.39 is 28.6 Å². The van der Waals surface area contributed by atoms with Gasteiger partial charge in [0.15, 0.2) is 23.0 Å². The second-order valence-electron chi connectivity index (χ2n) is 7.62. The van der Waals surface area contributed by atoms with Crippen LogP contribution in [0.15, 0.2) is 76.7 Å². The SMILES string of the molecule is COC(=O)Oc1ccc(/C=N\NC(=O)CN(c2ccccc2)S(=O)(=O)c2ccc(OC)c(OC)c2)cc1OC. The van der Waals surface area contributed by atoms with Gasteiger partial charge in [0.2, 0.25) is 0 Å². The van der Waals surface area contributed by atoms with E-state index in [1.807, 2.05) is 0 Å². The van der Waals surface area contributed by atoms with Crippen molar-refractivity contribution in [3.05, 3.63) is 72.3 Å². The van der Waals surface area contributed by atoms with Crippen molar-refractivity contribution in [1.29, 1.82) is 0 Å². The van der Waals surface area contributed by atoms with E-state index >= 15 is 0 Å². The highest BCUT2D eigenvalue weighted by Crippen LogP contribution is 2.32. The largest absolute Gasteiger partial charge is 0.513 e. The van der Waals surface area contributed by atoms with Gasteiger partial charge in [0.05, 0.1) is 45.2 Å². The molecule has 0 aliphatic rings. The molecule has 0 fully saturated rings. The highest BCUT2D eigenvalue weighted by atomic mass is 32.2. The third-order valence-electron chi connectivity index (χ3n) is 5.22. The summed E-state index contributed by atoms with van der Waals surface area (Å²) in [4.78, 5) is 24.0. The predicted octanol–water partition coefficient (Wildman–Crippen LogP) is 3.20. The van der Waals surface area contributed by atoms with E-state index in [1.165, 1.54) is 65.0 Å². The number of hydrogen-bond donors (Lipinski definition) is 1. The first kappa shape index (κ1) is 28.8. The van der Waals surface area contributed by atoms with Crippen LogP contribution in [0.2, 0.25) is 0 Å². The first-order chi connectivity index (χ1) is 18.7. The van der Waals surface area contributed by atoms with Crippen molar-refractivity contribution in [3.8, 4) is 23.0 Å². The summed E-state index contributed by atoms with van der Waals surface area (Å²) < 4.78 is 53.2. The zero-order valence-corrected chi connectivity index (χ0v) is 22.4. The van der Waals surface area contributed by atoms with E-state index in [0.29, 0.717) is 11.3 Å². The second-order valence-corrected chi connectivity index (χ2v) is 9.49. The molecule has 1 N–H and O–H groups in total. The van der Waals surface area contributed by atoms with Gasteiger partial charge in [0.1, 0.15) is 6.54 Å². The van der Waals surface area contributed by atoms with Crippen LogP contribution in [0.4, 0.5) is 10.5 Å². The molecule has 39 heavy (non-hydrogen) atoms. The molecule has 3 aromatic carbocycles. The molecule has 3 rings (SSSR count). The lowest BCUT2D eigenvalue weighted by atomic mass is 10.2. The maximum Gasteiger partial charge on any atom is 0.513 e. The number of para-hydroxylation sites is 1. The summed E-state index contributed by atoms with van der Waals surface area (Å²) in [5.74, 6) is 0.239. The molecule has 0 saturated heterocycles. The summed E-state index contributed by atoms with van der Waals surface area (Å²) in [5.41, 5.74) is 3.10. The molecule has 0 atom stereocenters. The fourth-order valence-corrected chi connectivity index (χ4v) is 4.78. The Labute approximate surface area is 225 Å². The van der Waals surface area contributed by atoms with Crippen molar-refractivity contribution >= 4 is 34.0 Å². The molecule has 0 aliphatic heterocycles. The first-order valence-electron chi connectivity index (χ1n) is 11.3. The molecule has 1 amide bonds. The number of benzene rings is 3.